The zero-order valence-electron chi connectivity index (χ0n) is 10.3. The topological polar surface area (TPSA) is 59.1 Å². The highest BCUT2D eigenvalue weighted by Crippen LogP contribution is 2.14. The molecule has 2 aromatic rings. The lowest BCUT2D eigenvalue weighted by molar-refractivity contribution is 0.598. The van der Waals surface area contributed by atoms with Gasteiger partial charge in [-0.15, -0.1) is 0 Å². The molecule has 0 saturated carbocycles. The van der Waals surface area contributed by atoms with Crippen molar-refractivity contribution >= 4 is 31.5 Å². The van der Waals surface area contributed by atoms with Crippen molar-refractivity contribution in [3.8, 4) is 0 Å². The van der Waals surface area contributed by atoms with E-state index in [0.29, 0.717) is 6.54 Å². The predicted octanol–water partition coefficient (Wildman–Crippen LogP) is 2.86. The quantitative estimate of drug-likeness (QED) is 0.929. The van der Waals surface area contributed by atoms with E-state index in [2.05, 4.69) is 26.2 Å². The van der Waals surface area contributed by atoms with Gasteiger partial charge in [-0.1, -0.05) is 28.1 Å². The van der Waals surface area contributed by atoms with E-state index in [1.807, 2.05) is 24.3 Å². The molecule has 1 aromatic heterocycles. The number of rotatable bonds is 4. The minimum Gasteiger partial charge on any atom is -0.380 e. The highest BCUT2D eigenvalue weighted by molar-refractivity contribution is 9.10. The van der Waals surface area contributed by atoms with Crippen LogP contribution in [0.1, 0.15) is 5.56 Å². The third kappa shape index (κ3) is 4.04. The molecule has 1 N–H and O–H groups in total. The lowest BCUT2D eigenvalue weighted by Crippen LogP contribution is -2.03. The Bertz CT molecular complexity index is 669. The largest absolute Gasteiger partial charge is 0.380 e. The predicted molar refractivity (Wildman–Crippen MR) is 78.8 cm³/mol. The SMILES string of the molecule is CS(=O)(=O)c1ccc(NCc2cccc(Br)c2)cn1. The first-order valence-electron chi connectivity index (χ1n) is 5.59. The van der Waals surface area contributed by atoms with Gasteiger partial charge in [0.15, 0.2) is 14.9 Å². The molecule has 0 atom stereocenters. The van der Waals surface area contributed by atoms with E-state index in [9.17, 15) is 8.42 Å². The number of hydrogen-bond acceptors (Lipinski definition) is 4. The van der Waals surface area contributed by atoms with Gasteiger partial charge < -0.3 is 5.32 Å². The van der Waals surface area contributed by atoms with Crippen molar-refractivity contribution in [3.05, 3.63) is 52.6 Å². The molecule has 19 heavy (non-hydrogen) atoms. The fourth-order valence-electron chi connectivity index (χ4n) is 1.56. The van der Waals surface area contributed by atoms with Crippen LogP contribution in [0.5, 0.6) is 0 Å². The van der Waals surface area contributed by atoms with Crippen molar-refractivity contribution in [2.75, 3.05) is 11.6 Å². The zero-order valence-corrected chi connectivity index (χ0v) is 12.7. The summed E-state index contributed by atoms with van der Waals surface area (Å²) in [5, 5.41) is 3.27. The molecule has 0 fully saturated rings. The molecule has 6 heteroatoms. The fourth-order valence-corrected chi connectivity index (χ4v) is 2.56. The van der Waals surface area contributed by atoms with Crippen molar-refractivity contribution in [1.82, 2.24) is 4.98 Å². The summed E-state index contributed by atoms with van der Waals surface area (Å²) in [5.41, 5.74) is 1.91. The second-order valence-corrected chi connectivity index (χ2v) is 7.02. The molecule has 0 radical (unpaired) electrons. The fraction of sp³-hybridized carbons (Fsp3) is 0.154. The van der Waals surface area contributed by atoms with E-state index in [1.54, 1.807) is 6.07 Å². The number of sulfone groups is 1. The third-order valence-electron chi connectivity index (χ3n) is 2.50. The first kappa shape index (κ1) is 14.0. The molecule has 2 rings (SSSR count). The van der Waals surface area contributed by atoms with Crippen molar-refractivity contribution < 1.29 is 8.42 Å². The number of pyridine rings is 1. The van der Waals surface area contributed by atoms with Gasteiger partial charge in [-0.25, -0.2) is 13.4 Å². The smallest absolute Gasteiger partial charge is 0.192 e. The summed E-state index contributed by atoms with van der Waals surface area (Å²) in [5.74, 6) is 0. The van der Waals surface area contributed by atoms with Crippen molar-refractivity contribution in [2.45, 2.75) is 11.6 Å². The highest BCUT2D eigenvalue weighted by atomic mass is 79.9. The molecule has 0 bridgehead atoms. The van der Waals surface area contributed by atoms with Crippen LogP contribution in [-0.2, 0) is 16.4 Å². The van der Waals surface area contributed by atoms with Gasteiger partial charge in [0.05, 0.1) is 11.9 Å². The van der Waals surface area contributed by atoms with Crippen LogP contribution in [0.2, 0.25) is 0 Å². The number of halogens is 1. The van der Waals surface area contributed by atoms with E-state index in [1.165, 1.54) is 12.3 Å². The van der Waals surface area contributed by atoms with Gasteiger partial charge in [-0.2, -0.15) is 0 Å². The first-order chi connectivity index (χ1) is 8.95. The summed E-state index contributed by atoms with van der Waals surface area (Å²) in [4.78, 5) is 3.92. The van der Waals surface area contributed by atoms with Gasteiger partial charge >= 0.3 is 0 Å². The van der Waals surface area contributed by atoms with E-state index in [-0.39, 0.29) is 5.03 Å². The van der Waals surface area contributed by atoms with Crippen molar-refractivity contribution in [1.29, 1.82) is 0 Å². The van der Waals surface area contributed by atoms with E-state index in [0.717, 1.165) is 22.0 Å². The Hall–Kier alpha value is -1.40. The lowest BCUT2D eigenvalue weighted by Gasteiger charge is -2.07. The standard InChI is InChI=1S/C13H13BrN2O2S/c1-19(17,18)13-6-5-12(9-16-13)15-8-10-3-2-4-11(14)7-10/h2-7,9,15H,8H2,1H3. The summed E-state index contributed by atoms with van der Waals surface area (Å²) in [6.45, 7) is 0.652. The number of hydrogen-bond donors (Lipinski definition) is 1. The summed E-state index contributed by atoms with van der Waals surface area (Å²) in [6, 6.07) is 11.2. The Labute approximate surface area is 120 Å². The van der Waals surface area contributed by atoms with Crippen LogP contribution in [0.15, 0.2) is 52.1 Å². The molecule has 1 heterocycles. The minimum absolute atomic E-state index is 0.0838. The van der Waals surface area contributed by atoms with Gasteiger partial charge in [0, 0.05) is 17.3 Å². The Morgan fingerprint density at radius 3 is 2.63 bits per heavy atom. The van der Waals surface area contributed by atoms with E-state index < -0.39 is 9.84 Å². The van der Waals surface area contributed by atoms with E-state index in [4.69, 9.17) is 0 Å². The average molecular weight is 341 g/mol. The molecule has 0 unspecified atom stereocenters. The van der Waals surface area contributed by atoms with Crippen LogP contribution in [0, 0.1) is 0 Å². The molecule has 0 aliphatic rings. The summed E-state index contributed by atoms with van der Waals surface area (Å²) in [6.07, 6.45) is 2.66. The Kier molecular flexibility index (Phi) is 4.21. The molecular formula is C13H13BrN2O2S. The van der Waals surface area contributed by atoms with Gasteiger partial charge in [0.2, 0.25) is 0 Å². The summed E-state index contributed by atoms with van der Waals surface area (Å²) >= 11 is 3.41. The van der Waals surface area contributed by atoms with Crippen LogP contribution >= 0.6 is 15.9 Å². The lowest BCUT2D eigenvalue weighted by atomic mass is 10.2. The Morgan fingerprint density at radius 2 is 2.05 bits per heavy atom. The van der Waals surface area contributed by atoms with Crippen LogP contribution in [0.3, 0.4) is 0 Å². The van der Waals surface area contributed by atoms with Gasteiger partial charge in [-0.05, 0) is 29.8 Å². The summed E-state index contributed by atoms with van der Waals surface area (Å²) < 4.78 is 23.6. The van der Waals surface area contributed by atoms with Crippen LogP contribution in [0.4, 0.5) is 5.69 Å². The number of aromatic nitrogens is 1. The molecule has 4 nitrogen and oxygen atoms in total. The van der Waals surface area contributed by atoms with Crippen LogP contribution < -0.4 is 5.32 Å². The number of anilines is 1. The van der Waals surface area contributed by atoms with Gasteiger partial charge in [-0.3, -0.25) is 0 Å². The number of nitrogens with zero attached hydrogens (tertiary/aromatic N) is 1. The van der Waals surface area contributed by atoms with Crippen molar-refractivity contribution in [2.24, 2.45) is 0 Å². The monoisotopic (exact) mass is 340 g/mol. The zero-order chi connectivity index (χ0) is 13.9. The molecular weight excluding hydrogens is 328 g/mol. The van der Waals surface area contributed by atoms with E-state index >= 15 is 0 Å². The molecule has 1 aromatic carbocycles. The maximum Gasteiger partial charge on any atom is 0.192 e. The minimum atomic E-state index is -3.24. The molecule has 0 aliphatic heterocycles. The second kappa shape index (κ2) is 5.71. The van der Waals surface area contributed by atoms with Gasteiger partial charge in [0.1, 0.15) is 0 Å². The second-order valence-electron chi connectivity index (χ2n) is 4.14. The Balaban J connectivity index is 2.05. The average Bonchev–Trinajstić information content (AvgIpc) is 2.36. The molecule has 100 valence electrons. The number of nitrogens with one attached hydrogen (secondary N) is 1. The van der Waals surface area contributed by atoms with Gasteiger partial charge in [0.25, 0.3) is 0 Å². The molecule has 0 amide bonds. The Morgan fingerprint density at radius 1 is 1.26 bits per heavy atom. The number of benzene rings is 1. The van der Waals surface area contributed by atoms with Crippen LogP contribution in [0.25, 0.3) is 0 Å². The maximum atomic E-state index is 11.3. The normalized spacial score (nSPS) is 11.3. The molecule has 0 aliphatic carbocycles. The third-order valence-corrected chi connectivity index (χ3v) is 4.00. The maximum absolute atomic E-state index is 11.3. The van der Waals surface area contributed by atoms with Crippen molar-refractivity contribution in [3.63, 3.8) is 0 Å². The van der Waals surface area contributed by atoms with Crippen LogP contribution in [-0.4, -0.2) is 19.7 Å². The molecule has 0 spiro atoms. The highest BCUT2D eigenvalue weighted by Gasteiger charge is 2.07. The first-order valence-corrected chi connectivity index (χ1v) is 8.28. The molecule has 0 saturated heterocycles. The summed E-state index contributed by atoms with van der Waals surface area (Å²) in [7, 11) is -3.24.